The molecule has 0 aliphatic heterocycles. The predicted octanol–water partition coefficient (Wildman–Crippen LogP) is 0.462. The Kier molecular flexibility index (Phi) is 3.89. The third-order valence-electron chi connectivity index (χ3n) is 2.31. The summed E-state index contributed by atoms with van der Waals surface area (Å²) < 4.78 is 31.0. The van der Waals surface area contributed by atoms with Crippen LogP contribution in [0.3, 0.4) is 0 Å². The van der Waals surface area contributed by atoms with Crippen molar-refractivity contribution in [1.82, 2.24) is 14.9 Å². The van der Waals surface area contributed by atoms with Gasteiger partial charge in [0.05, 0.1) is 16.5 Å². The molecule has 1 heterocycles. The molecule has 0 saturated heterocycles. The second-order valence-electron chi connectivity index (χ2n) is 3.62. The molecule has 0 spiro atoms. The van der Waals surface area contributed by atoms with Crippen molar-refractivity contribution in [3.63, 3.8) is 0 Å². The maximum atomic E-state index is 11.9. The lowest BCUT2D eigenvalue weighted by Gasteiger charge is -2.05. The standard InChI is InChI=1S/C11H10N4O3S/c12-7-9-2-1-3-10(6-9)19(16,17)15-5-4-11-13-8-14-18-11/h1-3,6,8,15H,4-5H2. The van der Waals surface area contributed by atoms with Gasteiger partial charge in [0.1, 0.15) is 0 Å². The summed E-state index contributed by atoms with van der Waals surface area (Å²) in [6.45, 7) is 0.140. The lowest BCUT2D eigenvalue weighted by molar-refractivity contribution is 0.377. The first-order chi connectivity index (χ1) is 9.12. The van der Waals surface area contributed by atoms with Gasteiger partial charge in [-0.3, -0.25) is 0 Å². The van der Waals surface area contributed by atoms with E-state index in [4.69, 9.17) is 9.78 Å². The van der Waals surface area contributed by atoms with Crippen molar-refractivity contribution < 1.29 is 12.9 Å². The molecule has 0 aliphatic carbocycles. The summed E-state index contributed by atoms with van der Waals surface area (Å²) in [7, 11) is -3.64. The molecule has 0 amide bonds. The number of aromatic nitrogens is 2. The number of hydrogen-bond donors (Lipinski definition) is 1. The third kappa shape index (κ3) is 3.37. The van der Waals surface area contributed by atoms with E-state index in [1.54, 1.807) is 0 Å². The fourth-order valence-electron chi connectivity index (χ4n) is 1.41. The van der Waals surface area contributed by atoms with E-state index in [-0.39, 0.29) is 11.4 Å². The quantitative estimate of drug-likeness (QED) is 0.851. The molecule has 0 unspecified atom stereocenters. The minimum Gasteiger partial charge on any atom is -0.340 e. The van der Waals surface area contributed by atoms with Gasteiger partial charge in [-0.15, -0.1) is 0 Å². The van der Waals surface area contributed by atoms with Crippen LogP contribution >= 0.6 is 0 Å². The Morgan fingerprint density at radius 1 is 1.42 bits per heavy atom. The molecule has 2 rings (SSSR count). The molecule has 7 nitrogen and oxygen atoms in total. The second kappa shape index (κ2) is 5.60. The highest BCUT2D eigenvalue weighted by molar-refractivity contribution is 7.89. The molecule has 1 aromatic carbocycles. The van der Waals surface area contributed by atoms with Gasteiger partial charge in [0.15, 0.2) is 6.33 Å². The van der Waals surface area contributed by atoms with Crippen LogP contribution in [-0.4, -0.2) is 25.1 Å². The summed E-state index contributed by atoms with van der Waals surface area (Å²) in [5.74, 6) is 0.355. The van der Waals surface area contributed by atoms with Crippen LogP contribution in [0.4, 0.5) is 0 Å². The predicted molar refractivity (Wildman–Crippen MR) is 64.3 cm³/mol. The van der Waals surface area contributed by atoms with Crippen molar-refractivity contribution in [3.05, 3.63) is 42.0 Å². The molecule has 0 fully saturated rings. The Balaban J connectivity index is 2.03. The second-order valence-corrected chi connectivity index (χ2v) is 5.39. The zero-order chi connectivity index (χ0) is 13.7. The van der Waals surface area contributed by atoms with Gasteiger partial charge < -0.3 is 4.52 Å². The first-order valence-electron chi connectivity index (χ1n) is 5.37. The highest BCUT2D eigenvalue weighted by atomic mass is 32.2. The van der Waals surface area contributed by atoms with Crippen LogP contribution in [0.15, 0.2) is 40.0 Å². The number of rotatable bonds is 5. The molecule has 8 heteroatoms. The monoisotopic (exact) mass is 278 g/mol. The van der Waals surface area contributed by atoms with Crippen LogP contribution in [0.2, 0.25) is 0 Å². The Hall–Kier alpha value is -2.24. The summed E-state index contributed by atoms with van der Waals surface area (Å²) in [6.07, 6.45) is 1.55. The normalized spacial score (nSPS) is 11.1. The maximum Gasteiger partial charge on any atom is 0.240 e. The number of benzene rings is 1. The van der Waals surface area contributed by atoms with Gasteiger partial charge in [0.2, 0.25) is 15.9 Å². The first kappa shape index (κ1) is 13.2. The van der Waals surface area contributed by atoms with Crippen molar-refractivity contribution in [3.8, 4) is 6.07 Å². The summed E-state index contributed by atoms with van der Waals surface area (Å²) in [5.41, 5.74) is 0.291. The van der Waals surface area contributed by atoms with Crippen LogP contribution in [-0.2, 0) is 16.4 Å². The van der Waals surface area contributed by atoms with Crippen LogP contribution in [0.25, 0.3) is 0 Å². The van der Waals surface area contributed by atoms with Gasteiger partial charge in [0, 0.05) is 13.0 Å². The molecular weight excluding hydrogens is 268 g/mol. The average Bonchev–Trinajstić information content (AvgIpc) is 2.92. The molecule has 0 atom stereocenters. The van der Waals surface area contributed by atoms with E-state index < -0.39 is 10.0 Å². The Labute approximate surface area is 109 Å². The van der Waals surface area contributed by atoms with Gasteiger partial charge in [-0.05, 0) is 18.2 Å². The van der Waals surface area contributed by atoms with Crippen molar-refractivity contribution in [2.24, 2.45) is 0 Å². The Morgan fingerprint density at radius 3 is 2.95 bits per heavy atom. The lowest BCUT2D eigenvalue weighted by atomic mass is 10.2. The molecule has 0 radical (unpaired) electrons. The highest BCUT2D eigenvalue weighted by Crippen LogP contribution is 2.10. The molecule has 1 aromatic heterocycles. The van der Waals surface area contributed by atoms with Gasteiger partial charge >= 0.3 is 0 Å². The van der Waals surface area contributed by atoms with Gasteiger partial charge in [0.25, 0.3) is 0 Å². The third-order valence-corrected chi connectivity index (χ3v) is 3.77. The van der Waals surface area contributed by atoms with Crippen LogP contribution in [0.1, 0.15) is 11.5 Å². The SMILES string of the molecule is N#Cc1cccc(S(=O)(=O)NCCc2ncno2)c1. The number of nitriles is 1. The topological polar surface area (TPSA) is 109 Å². The zero-order valence-electron chi connectivity index (χ0n) is 9.78. The van der Waals surface area contributed by atoms with Crippen molar-refractivity contribution in [2.45, 2.75) is 11.3 Å². The Morgan fingerprint density at radius 2 is 2.26 bits per heavy atom. The number of nitrogens with zero attached hydrogens (tertiary/aromatic N) is 3. The van der Waals surface area contributed by atoms with E-state index in [0.29, 0.717) is 17.9 Å². The minimum absolute atomic E-state index is 0.0529. The highest BCUT2D eigenvalue weighted by Gasteiger charge is 2.14. The van der Waals surface area contributed by atoms with E-state index in [1.807, 2.05) is 6.07 Å². The molecule has 98 valence electrons. The van der Waals surface area contributed by atoms with Gasteiger partial charge in [-0.25, -0.2) is 13.1 Å². The van der Waals surface area contributed by atoms with Gasteiger partial charge in [-0.2, -0.15) is 10.2 Å². The molecule has 19 heavy (non-hydrogen) atoms. The molecule has 0 bridgehead atoms. The van der Waals surface area contributed by atoms with Crippen molar-refractivity contribution >= 4 is 10.0 Å². The van der Waals surface area contributed by atoms with Crippen molar-refractivity contribution in [2.75, 3.05) is 6.54 Å². The summed E-state index contributed by atoms with van der Waals surface area (Å²) in [4.78, 5) is 3.83. The zero-order valence-corrected chi connectivity index (χ0v) is 10.6. The van der Waals surface area contributed by atoms with E-state index in [1.165, 1.54) is 30.6 Å². The smallest absolute Gasteiger partial charge is 0.240 e. The van der Waals surface area contributed by atoms with Crippen LogP contribution < -0.4 is 4.72 Å². The average molecular weight is 278 g/mol. The number of nitrogens with one attached hydrogen (secondary N) is 1. The largest absolute Gasteiger partial charge is 0.340 e. The van der Waals surface area contributed by atoms with Crippen LogP contribution in [0, 0.1) is 11.3 Å². The van der Waals surface area contributed by atoms with E-state index in [0.717, 1.165) is 0 Å². The summed E-state index contributed by atoms with van der Waals surface area (Å²) in [6, 6.07) is 7.69. The summed E-state index contributed by atoms with van der Waals surface area (Å²) in [5, 5.41) is 12.2. The first-order valence-corrected chi connectivity index (χ1v) is 6.85. The maximum absolute atomic E-state index is 11.9. The fourth-order valence-corrected chi connectivity index (χ4v) is 2.49. The van der Waals surface area contributed by atoms with E-state index in [9.17, 15) is 8.42 Å². The van der Waals surface area contributed by atoms with E-state index >= 15 is 0 Å². The molecule has 1 N–H and O–H groups in total. The fraction of sp³-hybridized carbons (Fsp3) is 0.182. The molecule has 2 aromatic rings. The number of hydrogen-bond acceptors (Lipinski definition) is 6. The number of sulfonamides is 1. The van der Waals surface area contributed by atoms with Crippen LogP contribution in [0.5, 0.6) is 0 Å². The molecular formula is C11H10N4O3S. The minimum atomic E-state index is -3.64. The van der Waals surface area contributed by atoms with Crippen molar-refractivity contribution in [1.29, 1.82) is 5.26 Å². The molecule has 0 saturated carbocycles. The molecule has 0 aliphatic rings. The summed E-state index contributed by atoms with van der Waals surface area (Å²) >= 11 is 0. The van der Waals surface area contributed by atoms with E-state index in [2.05, 4.69) is 14.9 Å². The Bertz CT molecular complexity index is 689. The van der Waals surface area contributed by atoms with Gasteiger partial charge in [-0.1, -0.05) is 11.2 Å². The lowest BCUT2D eigenvalue weighted by Crippen LogP contribution is -2.26.